The molecule has 0 bridgehead atoms. The maximum atomic E-state index is 13.7. The number of anilines is 1. The van der Waals surface area contributed by atoms with Gasteiger partial charge in [0, 0.05) is 18.8 Å². The van der Waals surface area contributed by atoms with Crippen molar-refractivity contribution in [2.24, 2.45) is 0 Å². The van der Waals surface area contributed by atoms with Crippen molar-refractivity contribution in [2.45, 2.75) is 32.6 Å². The van der Waals surface area contributed by atoms with Gasteiger partial charge in [0.2, 0.25) is 10.0 Å². The van der Waals surface area contributed by atoms with Crippen LogP contribution < -0.4 is 5.32 Å². The highest BCUT2D eigenvalue weighted by Gasteiger charge is 2.24. The van der Waals surface area contributed by atoms with Gasteiger partial charge in [0.15, 0.2) is 0 Å². The minimum Gasteiger partial charge on any atom is -0.322 e. The number of aryl methyl sites for hydroxylation is 1. The molecule has 28 heavy (non-hydrogen) atoms. The molecule has 5 nitrogen and oxygen atoms in total. The summed E-state index contributed by atoms with van der Waals surface area (Å²) in [4.78, 5) is 12.7. The van der Waals surface area contributed by atoms with E-state index in [1.165, 1.54) is 10.4 Å². The summed E-state index contributed by atoms with van der Waals surface area (Å²) < 4.78 is 40.7. The molecule has 1 amide bonds. The molecular formula is C19H21Cl2FN2O3S. The number of hydrogen-bond acceptors (Lipinski definition) is 3. The first-order valence-electron chi connectivity index (χ1n) is 8.60. The van der Waals surface area contributed by atoms with Gasteiger partial charge in [-0.2, -0.15) is 4.31 Å². The first-order chi connectivity index (χ1) is 13.0. The molecule has 152 valence electrons. The number of benzene rings is 2. The minimum atomic E-state index is -3.71. The van der Waals surface area contributed by atoms with Crippen LogP contribution in [0.5, 0.6) is 0 Å². The van der Waals surface area contributed by atoms with E-state index in [2.05, 4.69) is 5.32 Å². The van der Waals surface area contributed by atoms with Gasteiger partial charge in [0.05, 0.1) is 20.5 Å². The molecule has 0 aliphatic rings. The lowest BCUT2D eigenvalue weighted by Crippen LogP contribution is -2.30. The third-order valence-electron chi connectivity index (χ3n) is 4.49. The molecule has 0 unspecified atom stereocenters. The van der Waals surface area contributed by atoms with E-state index in [0.29, 0.717) is 29.9 Å². The SMILES string of the molecule is CCN(CC)S(=O)(=O)c1cc(C)c(C)c(NC(=O)c2cc(F)c(Cl)cc2Cl)c1. The van der Waals surface area contributed by atoms with Crippen LogP contribution in [0.2, 0.25) is 10.0 Å². The van der Waals surface area contributed by atoms with Crippen LogP contribution >= 0.6 is 23.2 Å². The molecule has 0 radical (unpaired) electrons. The van der Waals surface area contributed by atoms with Gasteiger partial charge in [0.25, 0.3) is 5.91 Å². The maximum Gasteiger partial charge on any atom is 0.257 e. The molecule has 0 fully saturated rings. The van der Waals surface area contributed by atoms with Gasteiger partial charge < -0.3 is 5.32 Å². The van der Waals surface area contributed by atoms with E-state index in [1.807, 2.05) is 0 Å². The summed E-state index contributed by atoms with van der Waals surface area (Å²) in [6.45, 7) is 7.66. The lowest BCUT2D eigenvalue weighted by molar-refractivity contribution is 0.102. The van der Waals surface area contributed by atoms with Gasteiger partial charge >= 0.3 is 0 Å². The van der Waals surface area contributed by atoms with Crippen molar-refractivity contribution in [3.63, 3.8) is 0 Å². The Hall–Kier alpha value is -1.67. The highest BCUT2D eigenvalue weighted by atomic mass is 35.5. The van der Waals surface area contributed by atoms with Crippen LogP contribution in [0.25, 0.3) is 0 Å². The first-order valence-corrected chi connectivity index (χ1v) is 10.8. The van der Waals surface area contributed by atoms with Crippen molar-refractivity contribution in [3.05, 3.63) is 56.8 Å². The second-order valence-corrected chi connectivity index (χ2v) is 8.95. The predicted molar refractivity (Wildman–Crippen MR) is 110 cm³/mol. The monoisotopic (exact) mass is 446 g/mol. The highest BCUT2D eigenvalue weighted by molar-refractivity contribution is 7.89. The molecule has 2 aromatic carbocycles. The largest absolute Gasteiger partial charge is 0.322 e. The molecule has 1 N–H and O–H groups in total. The number of carbonyl (C=O) groups excluding carboxylic acids is 1. The summed E-state index contributed by atoms with van der Waals surface area (Å²) in [7, 11) is -3.71. The zero-order chi connectivity index (χ0) is 21.2. The number of halogens is 3. The van der Waals surface area contributed by atoms with E-state index in [9.17, 15) is 17.6 Å². The fourth-order valence-electron chi connectivity index (χ4n) is 2.70. The Bertz CT molecular complexity index is 1020. The van der Waals surface area contributed by atoms with E-state index in [0.717, 1.165) is 12.1 Å². The van der Waals surface area contributed by atoms with Crippen molar-refractivity contribution >= 4 is 44.8 Å². The van der Waals surface area contributed by atoms with Crippen LogP contribution in [-0.2, 0) is 10.0 Å². The normalized spacial score (nSPS) is 11.7. The Morgan fingerprint density at radius 2 is 1.68 bits per heavy atom. The summed E-state index contributed by atoms with van der Waals surface area (Å²) in [5, 5.41) is 2.42. The van der Waals surface area contributed by atoms with Crippen molar-refractivity contribution in [1.82, 2.24) is 4.31 Å². The third kappa shape index (κ3) is 4.49. The molecule has 0 atom stereocenters. The summed E-state index contributed by atoms with van der Waals surface area (Å²) in [5.41, 5.74) is 1.59. The Balaban J connectivity index is 2.48. The molecule has 2 rings (SSSR count). The molecule has 0 saturated heterocycles. The molecule has 0 aliphatic carbocycles. The van der Waals surface area contributed by atoms with Gasteiger partial charge in [0.1, 0.15) is 5.82 Å². The Kier molecular flexibility index (Phi) is 7.09. The third-order valence-corrected chi connectivity index (χ3v) is 7.12. The first kappa shape index (κ1) is 22.6. The van der Waals surface area contributed by atoms with Gasteiger partial charge in [-0.3, -0.25) is 4.79 Å². The lowest BCUT2D eigenvalue weighted by Gasteiger charge is -2.20. The minimum absolute atomic E-state index is 0.00908. The highest BCUT2D eigenvalue weighted by Crippen LogP contribution is 2.29. The van der Waals surface area contributed by atoms with Crippen molar-refractivity contribution in [2.75, 3.05) is 18.4 Å². The molecule has 9 heteroatoms. The average molecular weight is 447 g/mol. The van der Waals surface area contributed by atoms with Crippen LogP contribution in [-0.4, -0.2) is 31.7 Å². The number of nitrogens with one attached hydrogen (secondary N) is 1. The molecule has 0 saturated carbocycles. The zero-order valence-electron chi connectivity index (χ0n) is 15.9. The van der Waals surface area contributed by atoms with E-state index in [-0.39, 0.29) is 20.5 Å². The average Bonchev–Trinajstić information content (AvgIpc) is 2.62. The van der Waals surface area contributed by atoms with Gasteiger partial charge in [-0.25, -0.2) is 12.8 Å². The quantitative estimate of drug-likeness (QED) is 0.632. The van der Waals surface area contributed by atoms with Crippen LogP contribution in [0.3, 0.4) is 0 Å². The fourth-order valence-corrected chi connectivity index (χ4v) is 4.74. The van der Waals surface area contributed by atoms with Crippen LogP contribution in [0.4, 0.5) is 10.1 Å². The van der Waals surface area contributed by atoms with Crippen LogP contribution in [0.15, 0.2) is 29.2 Å². The number of sulfonamides is 1. The van der Waals surface area contributed by atoms with E-state index < -0.39 is 21.7 Å². The molecule has 0 spiro atoms. The Labute approximate surface area is 174 Å². The van der Waals surface area contributed by atoms with Gasteiger partial charge in [-0.15, -0.1) is 0 Å². The van der Waals surface area contributed by atoms with Crippen molar-refractivity contribution in [1.29, 1.82) is 0 Å². The second-order valence-electron chi connectivity index (χ2n) is 6.20. The van der Waals surface area contributed by atoms with Crippen LogP contribution in [0, 0.1) is 19.7 Å². The van der Waals surface area contributed by atoms with Crippen molar-refractivity contribution < 1.29 is 17.6 Å². The summed E-state index contributed by atoms with van der Waals surface area (Å²) in [5.74, 6) is -1.44. The standard InChI is InChI=1S/C19H21Cl2FN2O3S/c1-5-24(6-2)28(26,27)13-7-11(3)12(4)18(8-13)23-19(25)14-9-17(22)16(21)10-15(14)20/h7-10H,5-6H2,1-4H3,(H,23,25). The molecule has 0 heterocycles. The van der Waals surface area contributed by atoms with E-state index >= 15 is 0 Å². The lowest BCUT2D eigenvalue weighted by atomic mass is 10.1. The second kappa shape index (κ2) is 8.78. The molecule has 0 aromatic heterocycles. The van der Waals surface area contributed by atoms with Gasteiger partial charge in [-0.05, 0) is 49.2 Å². The molecular weight excluding hydrogens is 426 g/mol. The number of hydrogen-bond donors (Lipinski definition) is 1. The van der Waals surface area contributed by atoms with E-state index in [4.69, 9.17) is 23.2 Å². The smallest absolute Gasteiger partial charge is 0.257 e. The maximum absolute atomic E-state index is 13.7. The van der Waals surface area contributed by atoms with Crippen molar-refractivity contribution in [3.8, 4) is 0 Å². The zero-order valence-corrected chi connectivity index (χ0v) is 18.3. The summed E-state index contributed by atoms with van der Waals surface area (Å²) in [6, 6.07) is 5.05. The Morgan fingerprint density at radius 3 is 2.25 bits per heavy atom. The number of amides is 1. The number of carbonyl (C=O) groups is 1. The Morgan fingerprint density at radius 1 is 1.07 bits per heavy atom. The molecule has 2 aromatic rings. The molecule has 0 aliphatic heterocycles. The summed E-state index contributed by atoms with van der Waals surface area (Å²) >= 11 is 11.7. The fraction of sp³-hybridized carbons (Fsp3) is 0.316. The van der Waals surface area contributed by atoms with Gasteiger partial charge in [-0.1, -0.05) is 37.0 Å². The topological polar surface area (TPSA) is 66.5 Å². The summed E-state index contributed by atoms with van der Waals surface area (Å²) in [6.07, 6.45) is 0. The number of rotatable bonds is 6. The predicted octanol–water partition coefficient (Wildman–Crippen LogP) is 5.03. The van der Waals surface area contributed by atoms with E-state index in [1.54, 1.807) is 33.8 Å². The van der Waals surface area contributed by atoms with Crippen LogP contribution in [0.1, 0.15) is 35.3 Å². The number of nitrogens with zero attached hydrogens (tertiary/aromatic N) is 1.